The second-order valence-electron chi connectivity index (χ2n) is 5.72. The van der Waals surface area contributed by atoms with Gasteiger partial charge in [-0.15, -0.1) is 0 Å². The molecule has 0 aromatic rings. The maximum absolute atomic E-state index is 11.4. The van der Waals surface area contributed by atoms with E-state index in [0.29, 0.717) is 25.6 Å². The third-order valence-corrected chi connectivity index (χ3v) is 2.59. The van der Waals surface area contributed by atoms with Gasteiger partial charge in [-0.2, -0.15) is 0 Å². The number of nitrogens with two attached hydrogens (primary N) is 1. The van der Waals surface area contributed by atoms with Crippen molar-refractivity contribution in [2.45, 2.75) is 45.3 Å². The van der Waals surface area contributed by atoms with Gasteiger partial charge < -0.3 is 25.8 Å². The first-order valence-corrected chi connectivity index (χ1v) is 6.99. The summed E-state index contributed by atoms with van der Waals surface area (Å²) < 4.78 is 10.5. The Bertz CT molecular complexity index is 333. The van der Waals surface area contributed by atoms with Crippen LogP contribution in [0.2, 0.25) is 0 Å². The topological polar surface area (TPSA) is 98.0 Å². The van der Waals surface area contributed by atoms with E-state index in [9.17, 15) is 4.79 Å². The normalized spacial score (nSPS) is 19.8. The van der Waals surface area contributed by atoms with E-state index in [2.05, 4.69) is 15.6 Å². The number of hydrogen-bond donors (Lipinski definition) is 3. The zero-order valence-corrected chi connectivity index (χ0v) is 12.6. The van der Waals surface area contributed by atoms with Gasteiger partial charge in [-0.1, -0.05) is 0 Å². The lowest BCUT2D eigenvalue weighted by molar-refractivity contribution is 0.0529. The molecule has 0 radical (unpaired) electrons. The van der Waals surface area contributed by atoms with Gasteiger partial charge in [-0.25, -0.2) is 4.79 Å². The molecule has 7 heteroatoms. The zero-order chi connectivity index (χ0) is 15.0. The van der Waals surface area contributed by atoms with E-state index < -0.39 is 11.7 Å². The first-order valence-electron chi connectivity index (χ1n) is 6.99. The molecule has 0 bridgehead atoms. The molecular weight excluding hydrogens is 260 g/mol. The number of alkyl carbamates (subject to hydrolysis) is 1. The lowest BCUT2D eigenvalue weighted by atomic mass is 10.2. The number of nitrogens with one attached hydrogen (secondary N) is 2. The van der Waals surface area contributed by atoms with Crippen LogP contribution in [-0.4, -0.2) is 50.0 Å². The van der Waals surface area contributed by atoms with Gasteiger partial charge in [0.15, 0.2) is 5.96 Å². The third-order valence-electron chi connectivity index (χ3n) is 2.59. The number of carbonyl (C=O) groups excluding carboxylic acids is 1. The Morgan fingerprint density at radius 2 is 2.10 bits per heavy atom. The van der Waals surface area contributed by atoms with Gasteiger partial charge in [0, 0.05) is 19.7 Å². The number of guanidine groups is 1. The molecular formula is C13H26N4O3. The number of amides is 1. The Labute approximate surface area is 120 Å². The predicted molar refractivity (Wildman–Crippen MR) is 77.7 cm³/mol. The SMILES string of the molecule is CC(C)(C)OC(=O)NCCNC(N)=NC[C@H]1CCCO1. The molecule has 1 atom stereocenters. The van der Waals surface area contributed by atoms with Crippen molar-refractivity contribution in [2.75, 3.05) is 26.2 Å². The number of nitrogens with zero attached hydrogens (tertiary/aromatic N) is 1. The van der Waals surface area contributed by atoms with Crippen LogP contribution < -0.4 is 16.4 Å². The molecule has 1 aliphatic rings. The molecule has 7 nitrogen and oxygen atoms in total. The highest BCUT2D eigenvalue weighted by atomic mass is 16.6. The van der Waals surface area contributed by atoms with Crippen LogP contribution >= 0.6 is 0 Å². The van der Waals surface area contributed by atoms with Gasteiger partial charge in [0.25, 0.3) is 0 Å². The molecule has 1 fully saturated rings. The lowest BCUT2D eigenvalue weighted by Crippen LogP contribution is -2.40. The minimum absolute atomic E-state index is 0.190. The molecule has 1 saturated heterocycles. The Morgan fingerprint density at radius 3 is 2.70 bits per heavy atom. The molecule has 1 amide bonds. The van der Waals surface area contributed by atoms with E-state index in [1.807, 2.05) is 20.8 Å². The van der Waals surface area contributed by atoms with E-state index in [1.54, 1.807) is 0 Å². The minimum Gasteiger partial charge on any atom is -0.444 e. The van der Waals surface area contributed by atoms with E-state index in [4.69, 9.17) is 15.2 Å². The maximum Gasteiger partial charge on any atom is 0.407 e. The first-order chi connectivity index (χ1) is 9.37. The minimum atomic E-state index is -0.487. The van der Waals surface area contributed by atoms with Crippen molar-refractivity contribution in [3.8, 4) is 0 Å². The number of rotatable bonds is 5. The number of carbonyl (C=O) groups is 1. The van der Waals surface area contributed by atoms with Gasteiger partial charge in [-0.05, 0) is 33.6 Å². The van der Waals surface area contributed by atoms with Crippen LogP contribution in [0.4, 0.5) is 4.79 Å². The summed E-state index contributed by atoms with van der Waals surface area (Å²) in [5.41, 5.74) is 5.22. The summed E-state index contributed by atoms with van der Waals surface area (Å²) in [5, 5.41) is 5.56. The van der Waals surface area contributed by atoms with Crippen LogP contribution in [0.25, 0.3) is 0 Å². The monoisotopic (exact) mass is 286 g/mol. The molecule has 1 rings (SSSR count). The Morgan fingerprint density at radius 1 is 1.40 bits per heavy atom. The van der Waals surface area contributed by atoms with E-state index in [0.717, 1.165) is 19.4 Å². The smallest absolute Gasteiger partial charge is 0.407 e. The second kappa shape index (κ2) is 7.94. The second-order valence-corrected chi connectivity index (χ2v) is 5.72. The van der Waals surface area contributed by atoms with Crippen LogP contribution in [0.3, 0.4) is 0 Å². The Kier molecular flexibility index (Phi) is 6.57. The van der Waals surface area contributed by atoms with Crippen LogP contribution in [0.15, 0.2) is 4.99 Å². The third kappa shape index (κ3) is 7.83. The van der Waals surface area contributed by atoms with Crippen LogP contribution in [0, 0.1) is 0 Å². The largest absolute Gasteiger partial charge is 0.444 e. The van der Waals surface area contributed by atoms with Gasteiger partial charge in [0.05, 0.1) is 12.6 Å². The molecule has 116 valence electrons. The van der Waals surface area contributed by atoms with Crippen molar-refractivity contribution in [1.82, 2.24) is 10.6 Å². The fourth-order valence-corrected chi connectivity index (χ4v) is 1.71. The average Bonchev–Trinajstić information content (AvgIpc) is 2.83. The van der Waals surface area contributed by atoms with Gasteiger partial charge in [0.1, 0.15) is 5.60 Å². The van der Waals surface area contributed by atoms with Gasteiger partial charge in [0.2, 0.25) is 0 Å². The molecule has 0 aliphatic carbocycles. The fraction of sp³-hybridized carbons (Fsp3) is 0.846. The van der Waals surface area contributed by atoms with Crippen molar-refractivity contribution in [3.63, 3.8) is 0 Å². The molecule has 1 heterocycles. The zero-order valence-electron chi connectivity index (χ0n) is 12.6. The summed E-state index contributed by atoms with van der Waals surface area (Å²) >= 11 is 0. The van der Waals surface area contributed by atoms with Crippen molar-refractivity contribution in [3.05, 3.63) is 0 Å². The summed E-state index contributed by atoms with van der Waals surface area (Å²) in [6, 6.07) is 0. The molecule has 4 N–H and O–H groups in total. The lowest BCUT2D eigenvalue weighted by Gasteiger charge is -2.19. The molecule has 0 saturated carbocycles. The van der Waals surface area contributed by atoms with Crippen LogP contribution in [0.5, 0.6) is 0 Å². The van der Waals surface area contributed by atoms with E-state index >= 15 is 0 Å². The van der Waals surface area contributed by atoms with E-state index in [-0.39, 0.29) is 6.10 Å². The predicted octanol–water partition coefficient (Wildman–Crippen LogP) is 0.594. The van der Waals surface area contributed by atoms with Gasteiger partial charge in [-0.3, -0.25) is 4.99 Å². The Hall–Kier alpha value is -1.50. The highest BCUT2D eigenvalue weighted by molar-refractivity contribution is 5.77. The molecule has 0 spiro atoms. The van der Waals surface area contributed by atoms with Crippen molar-refractivity contribution in [1.29, 1.82) is 0 Å². The first kappa shape index (κ1) is 16.6. The fourth-order valence-electron chi connectivity index (χ4n) is 1.71. The highest BCUT2D eigenvalue weighted by Gasteiger charge is 2.16. The highest BCUT2D eigenvalue weighted by Crippen LogP contribution is 2.11. The van der Waals surface area contributed by atoms with E-state index in [1.165, 1.54) is 0 Å². The maximum atomic E-state index is 11.4. The number of aliphatic imine (C=N–C) groups is 1. The van der Waals surface area contributed by atoms with Crippen molar-refractivity contribution in [2.24, 2.45) is 10.7 Å². The number of ether oxygens (including phenoxy) is 2. The molecule has 20 heavy (non-hydrogen) atoms. The standard InChI is InChI=1S/C13H26N4O3/c1-13(2,3)20-12(18)16-7-6-15-11(14)17-9-10-5-4-8-19-10/h10H,4-9H2,1-3H3,(H,16,18)(H3,14,15,17)/t10-/m1/s1. The summed E-state index contributed by atoms with van der Waals surface area (Å²) in [6.45, 7) is 7.78. The summed E-state index contributed by atoms with van der Waals surface area (Å²) in [5.74, 6) is 0.367. The van der Waals surface area contributed by atoms with Crippen LogP contribution in [-0.2, 0) is 9.47 Å². The van der Waals surface area contributed by atoms with Crippen LogP contribution in [0.1, 0.15) is 33.6 Å². The summed E-state index contributed by atoms with van der Waals surface area (Å²) in [4.78, 5) is 15.6. The summed E-state index contributed by atoms with van der Waals surface area (Å²) in [6.07, 6.45) is 1.88. The Balaban J connectivity index is 2.07. The summed E-state index contributed by atoms with van der Waals surface area (Å²) in [7, 11) is 0. The van der Waals surface area contributed by atoms with Crippen molar-refractivity contribution < 1.29 is 14.3 Å². The molecule has 1 aliphatic heterocycles. The van der Waals surface area contributed by atoms with Gasteiger partial charge >= 0.3 is 6.09 Å². The quantitative estimate of drug-likeness (QED) is 0.390. The molecule has 0 aromatic heterocycles. The average molecular weight is 286 g/mol. The molecule has 0 unspecified atom stereocenters. The van der Waals surface area contributed by atoms with Crippen molar-refractivity contribution >= 4 is 12.1 Å². The molecule has 0 aromatic carbocycles. The number of hydrogen-bond acceptors (Lipinski definition) is 4.